The van der Waals surface area contributed by atoms with E-state index >= 15 is 0 Å². The Kier molecular flexibility index (Phi) is 4.47. The van der Waals surface area contributed by atoms with Gasteiger partial charge in [-0.1, -0.05) is 6.07 Å². The van der Waals surface area contributed by atoms with Crippen LogP contribution in [0.2, 0.25) is 0 Å². The van der Waals surface area contributed by atoms with Crippen LogP contribution in [0.15, 0.2) is 24.4 Å². The maximum absolute atomic E-state index is 12.7. The second-order valence-electron chi connectivity index (χ2n) is 7.41. The van der Waals surface area contributed by atoms with Crippen molar-refractivity contribution >= 4 is 11.9 Å². The lowest BCUT2D eigenvalue weighted by Crippen LogP contribution is -2.42. The maximum Gasteiger partial charge on any atom is 0.317 e. The van der Waals surface area contributed by atoms with E-state index < -0.39 is 0 Å². The summed E-state index contributed by atoms with van der Waals surface area (Å²) in [5.74, 6) is 0.217. The van der Waals surface area contributed by atoms with Gasteiger partial charge < -0.3 is 15.1 Å². The van der Waals surface area contributed by atoms with Gasteiger partial charge in [-0.2, -0.15) is 0 Å². The molecule has 1 N–H and O–H groups in total. The van der Waals surface area contributed by atoms with Crippen LogP contribution in [-0.2, 0) is 11.3 Å². The summed E-state index contributed by atoms with van der Waals surface area (Å²) in [6.45, 7) is 5.88. The minimum Gasteiger partial charge on any atom is -0.340 e. The van der Waals surface area contributed by atoms with Crippen LogP contribution in [0.25, 0.3) is 0 Å². The molecular formula is C18H26N4O2. The third-order valence-electron chi connectivity index (χ3n) is 5.07. The predicted octanol–water partition coefficient (Wildman–Crippen LogP) is 1.87. The van der Waals surface area contributed by atoms with E-state index in [4.69, 9.17) is 0 Å². The van der Waals surface area contributed by atoms with Crippen molar-refractivity contribution in [3.63, 3.8) is 0 Å². The van der Waals surface area contributed by atoms with Crippen molar-refractivity contribution in [2.45, 2.75) is 39.3 Å². The Morgan fingerprint density at radius 2 is 2.25 bits per heavy atom. The molecule has 130 valence electrons. The topological polar surface area (TPSA) is 65.5 Å². The van der Waals surface area contributed by atoms with Gasteiger partial charge in [0, 0.05) is 43.7 Å². The lowest BCUT2D eigenvalue weighted by atomic mass is 10.0. The van der Waals surface area contributed by atoms with Crippen LogP contribution in [0, 0.1) is 11.3 Å². The lowest BCUT2D eigenvalue weighted by Gasteiger charge is -2.20. The normalized spacial score (nSPS) is 25.2. The molecule has 6 heteroatoms. The van der Waals surface area contributed by atoms with E-state index in [0.717, 1.165) is 25.1 Å². The Labute approximate surface area is 143 Å². The summed E-state index contributed by atoms with van der Waals surface area (Å²) in [6, 6.07) is 5.86. The molecule has 1 aromatic rings. The molecule has 0 bridgehead atoms. The SMILES string of the molecule is CC(C)NC(=O)N1CC[C@@]2(C[C@H]2C(=O)N(C)Cc2ccccn2)C1. The van der Waals surface area contributed by atoms with Gasteiger partial charge in [-0.3, -0.25) is 9.78 Å². The summed E-state index contributed by atoms with van der Waals surface area (Å²) in [5, 5.41) is 2.93. The fraction of sp³-hybridized carbons (Fsp3) is 0.611. The first-order chi connectivity index (χ1) is 11.4. The summed E-state index contributed by atoms with van der Waals surface area (Å²) in [4.78, 5) is 32.7. The van der Waals surface area contributed by atoms with Crippen molar-refractivity contribution in [1.82, 2.24) is 20.1 Å². The van der Waals surface area contributed by atoms with Gasteiger partial charge in [0.05, 0.1) is 12.2 Å². The highest BCUT2D eigenvalue weighted by atomic mass is 16.2. The van der Waals surface area contributed by atoms with Crippen molar-refractivity contribution in [1.29, 1.82) is 0 Å². The number of hydrogen-bond acceptors (Lipinski definition) is 3. The second kappa shape index (κ2) is 6.42. The molecule has 2 atom stereocenters. The van der Waals surface area contributed by atoms with Crippen LogP contribution >= 0.6 is 0 Å². The molecule has 0 aromatic carbocycles. The standard InChI is InChI=1S/C18H26N4O2/c1-13(2)20-17(24)22-9-7-18(12-22)10-15(18)16(23)21(3)11-14-6-4-5-8-19-14/h4-6,8,13,15H,7,9-12H2,1-3H3,(H,20,24)/t15-,18+/m0/s1. The van der Waals surface area contributed by atoms with Crippen molar-refractivity contribution in [3.8, 4) is 0 Å². The monoisotopic (exact) mass is 330 g/mol. The zero-order chi connectivity index (χ0) is 17.3. The van der Waals surface area contributed by atoms with Gasteiger partial charge in [-0.05, 0) is 38.8 Å². The fourth-order valence-corrected chi connectivity index (χ4v) is 3.63. The van der Waals surface area contributed by atoms with Gasteiger partial charge in [0.1, 0.15) is 0 Å². The van der Waals surface area contributed by atoms with Gasteiger partial charge in [-0.15, -0.1) is 0 Å². The Hall–Kier alpha value is -2.11. The van der Waals surface area contributed by atoms with E-state index in [-0.39, 0.29) is 29.3 Å². The second-order valence-corrected chi connectivity index (χ2v) is 7.41. The van der Waals surface area contributed by atoms with Gasteiger partial charge in [0.25, 0.3) is 0 Å². The molecule has 1 aromatic heterocycles. The fourth-order valence-electron chi connectivity index (χ4n) is 3.63. The van der Waals surface area contributed by atoms with Crippen LogP contribution in [0.1, 0.15) is 32.4 Å². The Morgan fingerprint density at radius 3 is 2.92 bits per heavy atom. The molecule has 1 aliphatic heterocycles. The Balaban J connectivity index is 1.55. The molecule has 1 aliphatic carbocycles. The van der Waals surface area contributed by atoms with E-state index in [1.165, 1.54) is 0 Å². The first kappa shape index (κ1) is 16.7. The molecule has 0 radical (unpaired) electrons. The van der Waals surface area contributed by atoms with Crippen LogP contribution in [0.3, 0.4) is 0 Å². The molecule has 0 unspecified atom stereocenters. The number of carbonyl (C=O) groups excluding carboxylic acids is 2. The minimum absolute atomic E-state index is 0.00375. The Bertz CT molecular complexity index is 619. The number of pyridine rings is 1. The van der Waals surface area contributed by atoms with Crippen molar-refractivity contribution in [2.24, 2.45) is 11.3 Å². The summed E-state index contributed by atoms with van der Waals surface area (Å²) >= 11 is 0. The molecule has 1 saturated carbocycles. The van der Waals surface area contributed by atoms with Crippen LogP contribution in [0.4, 0.5) is 4.79 Å². The van der Waals surface area contributed by atoms with Crippen LogP contribution in [0.5, 0.6) is 0 Å². The van der Waals surface area contributed by atoms with Crippen LogP contribution < -0.4 is 5.32 Å². The number of nitrogens with one attached hydrogen (secondary N) is 1. The number of carbonyl (C=O) groups is 2. The first-order valence-electron chi connectivity index (χ1n) is 8.62. The molecule has 3 amide bonds. The van der Waals surface area contributed by atoms with E-state index in [1.54, 1.807) is 11.1 Å². The smallest absolute Gasteiger partial charge is 0.317 e. The number of amides is 3. The number of hydrogen-bond donors (Lipinski definition) is 1. The average Bonchev–Trinajstić information content (AvgIpc) is 3.06. The zero-order valence-electron chi connectivity index (χ0n) is 14.7. The summed E-state index contributed by atoms with van der Waals surface area (Å²) < 4.78 is 0. The lowest BCUT2D eigenvalue weighted by molar-refractivity contribution is -0.132. The Morgan fingerprint density at radius 1 is 1.46 bits per heavy atom. The van der Waals surface area contributed by atoms with Gasteiger partial charge >= 0.3 is 6.03 Å². The highest BCUT2D eigenvalue weighted by Gasteiger charge is 2.61. The molecule has 2 aliphatic rings. The predicted molar refractivity (Wildman–Crippen MR) is 91.1 cm³/mol. The molecule has 24 heavy (non-hydrogen) atoms. The van der Waals surface area contributed by atoms with Crippen molar-refractivity contribution in [2.75, 3.05) is 20.1 Å². The summed E-state index contributed by atoms with van der Waals surface area (Å²) in [6.07, 6.45) is 3.56. The zero-order valence-corrected chi connectivity index (χ0v) is 14.7. The molecule has 3 rings (SSSR count). The molecule has 1 spiro atoms. The number of rotatable bonds is 4. The van der Waals surface area contributed by atoms with Crippen molar-refractivity contribution < 1.29 is 9.59 Å². The third-order valence-corrected chi connectivity index (χ3v) is 5.07. The summed E-state index contributed by atoms with van der Waals surface area (Å²) in [5.41, 5.74) is 0.899. The highest BCUT2D eigenvalue weighted by Crippen LogP contribution is 2.59. The van der Waals surface area contributed by atoms with E-state index in [9.17, 15) is 9.59 Å². The molecule has 6 nitrogen and oxygen atoms in total. The first-order valence-corrected chi connectivity index (χ1v) is 8.62. The number of aromatic nitrogens is 1. The average molecular weight is 330 g/mol. The molecule has 2 heterocycles. The maximum atomic E-state index is 12.7. The van der Waals surface area contributed by atoms with Crippen LogP contribution in [-0.4, -0.2) is 52.9 Å². The number of nitrogens with zero attached hydrogens (tertiary/aromatic N) is 3. The molecule has 2 fully saturated rings. The number of likely N-dealkylation sites (tertiary alicyclic amines) is 1. The largest absolute Gasteiger partial charge is 0.340 e. The van der Waals surface area contributed by atoms with Crippen molar-refractivity contribution in [3.05, 3.63) is 30.1 Å². The van der Waals surface area contributed by atoms with E-state index in [1.807, 2.05) is 44.0 Å². The highest BCUT2D eigenvalue weighted by molar-refractivity contribution is 5.83. The molecule has 1 saturated heterocycles. The van der Waals surface area contributed by atoms with E-state index in [0.29, 0.717) is 13.1 Å². The number of urea groups is 1. The molecular weight excluding hydrogens is 304 g/mol. The van der Waals surface area contributed by atoms with Gasteiger partial charge in [0.2, 0.25) is 5.91 Å². The summed E-state index contributed by atoms with van der Waals surface area (Å²) in [7, 11) is 1.83. The minimum atomic E-state index is -0.0122. The van der Waals surface area contributed by atoms with E-state index in [2.05, 4.69) is 10.3 Å². The van der Waals surface area contributed by atoms with Gasteiger partial charge in [0.15, 0.2) is 0 Å². The quantitative estimate of drug-likeness (QED) is 0.916. The van der Waals surface area contributed by atoms with Gasteiger partial charge in [-0.25, -0.2) is 4.79 Å². The third kappa shape index (κ3) is 3.37.